The van der Waals surface area contributed by atoms with E-state index in [1.165, 1.54) is 18.7 Å². The third kappa shape index (κ3) is 4.35. The Morgan fingerprint density at radius 2 is 1.77 bits per heavy atom. The van der Waals surface area contributed by atoms with Gasteiger partial charge in [-0.3, -0.25) is 9.52 Å². The van der Waals surface area contributed by atoms with Crippen LogP contribution in [0, 0.1) is 6.92 Å². The van der Waals surface area contributed by atoms with E-state index in [1.807, 2.05) is 31.2 Å². The summed E-state index contributed by atoms with van der Waals surface area (Å²) in [6.45, 7) is 3.47. The zero-order valence-corrected chi connectivity index (χ0v) is 14.2. The van der Waals surface area contributed by atoms with Crippen molar-refractivity contribution in [2.45, 2.75) is 23.6 Å². The minimum Gasteiger partial charge on any atom is -0.295 e. The van der Waals surface area contributed by atoms with E-state index >= 15 is 0 Å². The third-order valence-electron chi connectivity index (χ3n) is 3.00. The maximum atomic E-state index is 11.6. The lowest BCUT2D eigenvalue weighted by Gasteiger charge is -2.13. The lowest BCUT2D eigenvalue weighted by molar-refractivity contribution is 0.101. The summed E-state index contributed by atoms with van der Waals surface area (Å²) in [5.41, 5.74) is 2.11. The van der Waals surface area contributed by atoms with Crippen molar-refractivity contribution < 1.29 is 13.2 Å². The quantitative estimate of drug-likeness (QED) is 0.846. The molecule has 6 heteroatoms. The van der Waals surface area contributed by atoms with Crippen LogP contribution in [0.2, 0.25) is 0 Å². The molecule has 0 aliphatic carbocycles. The second kappa shape index (κ2) is 6.54. The summed E-state index contributed by atoms with van der Waals surface area (Å²) in [7, 11) is -3.38. The van der Waals surface area contributed by atoms with Crippen LogP contribution in [0.3, 0.4) is 0 Å². The molecule has 116 valence electrons. The minimum absolute atomic E-state index is 0.0578. The number of carbonyl (C=O) groups excluding carboxylic acids is 1. The molecule has 0 saturated heterocycles. The molecule has 0 aliphatic heterocycles. The molecule has 2 rings (SSSR count). The normalized spacial score (nSPS) is 11.2. The molecule has 1 N–H and O–H groups in total. The first-order valence-electron chi connectivity index (χ1n) is 6.62. The summed E-state index contributed by atoms with van der Waals surface area (Å²) in [6, 6.07) is 12.8. The predicted octanol–water partition coefficient (Wildman–Crippen LogP) is 3.72. The molecule has 0 heterocycles. The Labute approximate surface area is 135 Å². The molecule has 0 unspecified atom stereocenters. The number of hydrogen-bond donors (Lipinski definition) is 1. The van der Waals surface area contributed by atoms with E-state index in [0.29, 0.717) is 16.1 Å². The molecule has 0 saturated carbocycles. The first-order chi connectivity index (χ1) is 10.3. The highest BCUT2D eigenvalue weighted by atomic mass is 32.2. The Morgan fingerprint density at radius 1 is 1.09 bits per heavy atom. The monoisotopic (exact) mass is 335 g/mol. The number of rotatable bonds is 5. The molecule has 4 nitrogen and oxygen atoms in total. The molecule has 0 bridgehead atoms. The van der Waals surface area contributed by atoms with Crippen molar-refractivity contribution in [3.05, 3.63) is 53.6 Å². The van der Waals surface area contributed by atoms with Gasteiger partial charge in [0, 0.05) is 15.4 Å². The lowest BCUT2D eigenvalue weighted by Crippen LogP contribution is -2.10. The highest BCUT2D eigenvalue weighted by Crippen LogP contribution is 2.36. The van der Waals surface area contributed by atoms with Crippen molar-refractivity contribution in [3.8, 4) is 0 Å². The van der Waals surface area contributed by atoms with Gasteiger partial charge in [-0.25, -0.2) is 8.42 Å². The van der Waals surface area contributed by atoms with Gasteiger partial charge in [-0.2, -0.15) is 0 Å². The first-order valence-corrected chi connectivity index (χ1v) is 9.33. The molecule has 2 aromatic rings. The summed E-state index contributed by atoms with van der Waals surface area (Å²) < 4.78 is 25.5. The molecule has 0 amide bonds. The molecular weight excluding hydrogens is 318 g/mol. The van der Waals surface area contributed by atoms with Gasteiger partial charge in [-0.05, 0) is 43.7 Å². The lowest BCUT2D eigenvalue weighted by atomic mass is 10.1. The first kappa shape index (κ1) is 16.6. The SMILES string of the molecule is CC(=O)c1ccc(NS(C)(=O)=O)c(Sc2ccccc2C)c1. The fourth-order valence-electron chi connectivity index (χ4n) is 1.90. The third-order valence-corrected chi connectivity index (χ3v) is 4.82. The van der Waals surface area contributed by atoms with Gasteiger partial charge in [-0.15, -0.1) is 0 Å². The zero-order valence-electron chi connectivity index (χ0n) is 12.6. The Kier molecular flexibility index (Phi) is 4.93. The minimum atomic E-state index is -3.38. The maximum Gasteiger partial charge on any atom is 0.229 e. The van der Waals surface area contributed by atoms with Crippen LogP contribution in [0.5, 0.6) is 0 Å². The Hall–Kier alpha value is -1.79. The van der Waals surface area contributed by atoms with E-state index in [9.17, 15) is 13.2 Å². The second-order valence-electron chi connectivity index (χ2n) is 5.01. The van der Waals surface area contributed by atoms with Crippen molar-refractivity contribution in [2.75, 3.05) is 11.0 Å². The zero-order chi connectivity index (χ0) is 16.3. The van der Waals surface area contributed by atoms with Crippen LogP contribution in [0.15, 0.2) is 52.3 Å². The highest BCUT2D eigenvalue weighted by molar-refractivity contribution is 7.99. The number of anilines is 1. The van der Waals surface area contributed by atoms with Crippen molar-refractivity contribution in [1.29, 1.82) is 0 Å². The molecule has 0 fully saturated rings. The van der Waals surface area contributed by atoms with Crippen molar-refractivity contribution in [3.63, 3.8) is 0 Å². The summed E-state index contributed by atoms with van der Waals surface area (Å²) in [5.74, 6) is -0.0578. The highest BCUT2D eigenvalue weighted by Gasteiger charge is 2.12. The average molecular weight is 335 g/mol. The fraction of sp³-hybridized carbons (Fsp3) is 0.188. The van der Waals surface area contributed by atoms with Gasteiger partial charge in [0.15, 0.2) is 5.78 Å². The van der Waals surface area contributed by atoms with Crippen LogP contribution in [0.25, 0.3) is 0 Å². The Balaban J connectivity index is 2.48. The molecule has 0 aliphatic rings. The van der Waals surface area contributed by atoms with Gasteiger partial charge in [0.1, 0.15) is 0 Å². The molecular formula is C16H17NO3S2. The number of benzene rings is 2. The van der Waals surface area contributed by atoms with E-state index < -0.39 is 10.0 Å². The smallest absolute Gasteiger partial charge is 0.229 e. The number of nitrogens with one attached hydrogen (secondary N) is 1. The van der Waals surface area contributed by atoms with Crippen LogP contribution >= 0.6 is 11.8 Å². The molecule has 2 aromatic carbocycles. The van der Waals surface area contributed by atoms with Gasteiger partial charge >= 0.3 is 0 Å². The van der Waals surface area contributed by atoms with Gasteiger partial charge < -0.3 is 0 Å². The molecule has 0 atom stereocenters. The van der Waals surface area contributed by atoms with Crippen molar-refractivity contribution >= 4 is 33.3 Å². The Bertz CT molecular complexity index is 814. The van der Waals surface area contributed by atoms with Crippen LogP contribution in [-0.4, -0.2) is 20.5 Å². The van der Waals surface area contributed by atoms with Gasteiger partial charge in [0.05, 0.1) is 11.9 Å². The van der Waals surface area contributed by atoms with E-state index in [4.69, 9.17) is 0 Å². The Morgan fingerprint density at radius 3 is 2.36 bits per heavy atom. The number of sulfonamides is 1. The average Bonchev–Trinajstić information content (AvgIpc) is 2.41. The molecule has 0 spiro atoms. The molecule has 0 radical (unpaired) electrons. The number of carbonyl (C=O) groups is 1. The second-order valence-corrected chi connectivity index (χ2v) is 7.84. The van der Waals surface area contributed by atoms with Crippen LogP contribution < -0.4 is 4.72 Å². The van der Waals surface area contributed by atoms with Gasteiger partial charge in [0.25, 0.3) is 0 Å². The van der Waals surface area contributed by atoms with Crippen molar-refractivity contribution in [2.24, 2.45) is 0 Å². The summed E-state index contributed by atoms with van der Waals surface area (Å²) in [5, 5.41) is 0. The molecule has 0 aromatic heterocycles. The fourth-order valence-corrected chi connectivity index (χ4v) is 3.57. The number of Topliss-reactive ketones (excluding diaryl/α,β-unsaturated/α-hetero) is 1. The maximum absolute atomic E-state index is 11.6. The van der Waals surface area contributed by atoms with E-state index in [2.05, 4.69) is 4.72 Å². The van der Waals surface area contributed by atoms with Crippen molar-refractivity contribution in [1.82, 2.24) is 0 Å². The van der Waals surface area contributed by atoms with E-state index in [-0.39, 0.29) is 5.78 Å². The van der Waals surface area contributed by atoms with Crippen LogP contribution in [0.4, 0.5) is 5.69 Å². The predicted molar refractivity (Wildman–Crippen MR) is 90.2 cm³/mol. The van der Waals surface area contributed by atoms with Crippen LogP contribution in [-0.2, 0) is 10.0 Å². The number of ketones is 1. The summed E-state index contributed by atoms with van der Waals surface area (Å²) in [4.78, 5) is 13.3. The van der Waals surface area contributed by atoms with Gasteiger partial charge in [-0.1, -0.05) is 30.0 Å². The summed E-state index contributed by atoms with van der Waals surface area (Å²) in [6.07, 6.45) is 1.11. The topological polar surface area (TPSA) is 63.2 Å². The molecule has 22 heavy (non-hydrogen) atoms. The summed E-state index contributed by atoms with van der Waals surface area (Å²) >= 11 is 1.43. The standard InChI is InChI=1S/C16H17NO3S2/c1-11-6-4-5-7-15(11)21-16-10-13(12(2)18)8-9-14(16)17-22(3,19)20/h4-10,17H,1-3H3. The van der Waals surface area contributed by atoms with E-state index in [0.717, 1.165) is 16.7 Å². The largest absolute Gasteiger partial charge is 0.295 e. The number of aryl methyl sites for hydroxylation is 1. The number of hydrogen-bond acceptors (Lipinski definition) is 4. The van der Waals surface area contributed by atoms with E-state index in [1.54, 1.807) is 18.2 Å². The van der Waals surface area contributed by atoms with Gasteiger partial charge in [0.2, 0.25) is 10.0 Å². The van der Waals surface area contributed by atoms with Crippen LogP contribution in [0.1, 0.15) is 22.8 Å².